The summed E-state index contributed by atoms with van der Waals surface area (Å²) in [7, 11) is 1.59. The zero-order valence-corrected chi connectivity index (χ0v) is 14.4. The van der Waals surface area contributed by atoms with Gasteiger partial charge in [-0.15, -0.1) is 11.3 Å². The molecule has 0 aliphatic carbocycles. The van der Waals surface area contributed by atoms with Crippen LogP contribution in [-0.2, 0) is 22.6 Å². The van der Waals surface area contributed by atoms with Crippen molar-refractivity contribution in [3.05, 3.63) is 21.9 Å². The Morgan fingerprint density at radius 3 is 3.04 bits per heavy atom. The third-order valence-corrected chi connectivity index (χ3v) is 5.51. The SMILES string of the molecule is C[C@@H](CNC(=O)C1=NN(C)C(=O)CC1)N1CCc2sccc2C1. The quantitative estimate of drug-likeness (QED) is 0.900. The summed E-state index contributed by atoms with van der Waals surface area (Å²) in [4.78, 5) is 27.5. The Balaban J connectivity index is 1.51. The fourth-order valence-corrected chi connectivity index (χ4v) is 3.84. The van der Waals surface area contributed by atoms with Gasteiger partial charge in [-0.3, -0.25) is 14.5 Å². The minimum atomic E-state index is -0.163. The summed E-state index contributed by atoms with van der Waals surface area (Å²) in [5.74, 6) is -0.209. The summed E-state index contributed by atoms with van der Waals surface area (Å²) in [6.07, 6.45) is 1.86. The number of hydrazone groups is 1. The predicted octanol–water partition coefficient (Wildman–Crippen LogP) is 1.22. The lowest BCUT2D eigenvalue weighted by atomic mass is 10.1. The van der Waals surface area contributed by atoms with E-state index in [1.54, 1.807) is 7.05 Å². The van der Waals surface area contributed by atoms with Crippen LogP contribution in [0.15, 0.2) is 16.5 Å². The van der Waals surface area contributed by atoms with Gasteiger partial charge in [0.2, 0.25) is 5.91 Å². The van der Waals surface area contributed by atoms with E-state index < -0.39 is 0 Å². The molecule has 2 aliphatic rings. The first-order chi connectivity index (χ1) is 11.0. The summed E-state index contributed by atoms with van der Waals surface area (Å²) in [5, 5.41) is 10.4. The van der Waals surface area contributed by atoms with Gasteiger partial charge in [0.05, 0.1) is 0 Å². The number of carbonyl (C=O) groups is 2. The molecule has 0 fully saturated rings. The molecule has 6 nitrogen and oxygen atoms in total. The molecule has 2 aliphatic heterocycles. The third kappa shape index (κ3) is 3.61. The lowest BCUT2D eigenvalue weighted by Crippen LogP contribution is -2.46. The topological polar surface area (TPSA) is 65.0 Å². The molecule has 1 N–H and O–H groups in total. The fraction of sp³-hybridized carbons (Fsp3) is 0.562. The van der Waals surface area contributed by atoms with Gasteiger partial charge in [-0.2, -0.15) is 5.10 Å². The first-order valence-electron chi connectivity index (χ1n) is 7.96. The normalized spacial score (nSPS) is 20.0. The Kier molecular flexibility index (Phi) is 4.77. The molecule has 2 amide bonds. The van der Waals surface area contributed by atoms with Gasteiger partial charge in [-0.25, -0.2) is 5.01 Å². The summed E-state index contributed by atoms with van der Waals surface area (Å²) < 4.78 is 0. The standard InChI is InChI=1S/C16H22N4O2S/c1-11(20-7-5-14-12(10-20)6-8-23-14)9-17-16(22)13-3-4-15(21)19(2)18-13/h6,8,11H,3-5,7,9-10H2,1-2H3,(H,17,22)/t11-/m0/s1. The van der Waals surface area contributed by atoms with Crippen LogP contribution in [-0.4, -0.2) is 53.6 Å². The molecule has 0 bridgehead atoms. The van der Waals surface area contributed by atoms with Gasteiger partial charge in [0, 0.05) is 50.4 Å². The summed E-state index contributed by atoms with van der Waals surface area (Å²) in [6, 6.07) is 2.47. The molecule has 0 spiro atoms. The predicted molar refractivity (Wildman–Crippen MR) is 90.3 cm³/mol. The van der Waals surface area contributed by atoms with E-state index in [0.717, 1.165) is 19.5 Å². The van der Waals surface area contributed by atoms with Gasteiger partial charge in [-0.05, 0) is 30.4 Å². The lowest BCUT2D eigenvalue weighted by Gasteiger charge is -2.32. The molecule has 0 aromatic carbocycles. The number of hydrogen-bond acceptors (Lipinski definition) is 5. The molecule has 0 saturated heterocycles. The van der Waals surface area contributed by atoms with Crippen LogP contribution in [0.3, 0.4) is 0 Å². The minimum Gasteiger partial charge on any atom is -0.349 e. The number of carbonyl (C=O) groups excluding carboxylic acids is 2. The molecule has 0 unspecified atom stereocenters. The molecule has 1 aromatic heterocycles. The van der Waals surface area contributed by atoms with Crippen molar-refractivity contribution in [2.75, 3.05) is 20.1 Å². The lowest BCUT2D eigenvalue weighted by molar-refractivity contribution is -0.130. The van der Waals surface area contributed by atoms with Gasteiger partial charge in [-0.1, -0.05) is 0 Å². The zero-order chi connectivity index (χ0) is 16.4. The van der Waals surface area contributed by atoms with Crippen LogP contribution in [0, 0.1) is 0 Å². The number of fused-ring (bicyclic) bond motifs is 1. The maximum absolute atomic E-state index is 12.2. The second-order valence-electron chi connectivity index (χ2n) is 6.11. The largest absolute Gasteiger partial charge is 0.349 e. The Morgan fingerprint density at radius 1 is 1.43 bits per heavy atom. The van der Waals surface area contributed by atoms with Crippen LogP contribution in [0.1, 0.15) is 30.2 Å². The molecule has 1 atom stereocenters. The molecule has 0 saturated carbocycles. The number of thiophene rings is 1. The molecular formula is C16H22N4O2S. The highest BCUT2D eigenvalue weighted by atomic mass is 32.1. The third-order valence-electron chi connectivity index (χ3n) is 4.49. The molecule has 3 heterocycles. The smallest absolute Gasteiger partial charge is 0.267 e. The fourth-order valence-electron chi connectivity index (χ4n) is 2.95. The van der Waals surface area contributed by atoms with Crippen molar-refractivity contribution in [1.29, 1.82) is 0 Å². The number of amides is 2. The van der Waals surface area contributed by atoms with Gasteiger partial charge < -0.3 is 5.32 Å². The van der Waals surface area contributed by atoms with E-state index in [1.165, 1.54) is 15.4 Å². The van der Waals surface area contributed by atoms with Gasteiger partial charge in [0.25, 0.3) is 5.91 Å². The van der Waals surface area contributed by atoms with Crippen molar-refractivity contribution in [2.24, 2.45) is 5.10 Å². The highest BCUT2D eigenvalue weighted by Gasteiger charge is 2.24. The van der Waals surface area contributed by atoms with Crippen molar-refractivity contribution in [3.8, 4) is 0 Å². The number of rotatable bonds is 4. The molecule has 7 heteroatoms. The first kappa shape index (κ1) is 16.1. The van der Waals surface area contributed by atoms with E-state index in [2.05, 4.69) is 33.7 Å². The molecule has 0 radical (unpaired) electrons. The van der Waals surface area contributed by atoms with Crippen LogP contribution < -0.4 is 5.32 Å². The average molecular weight is 334 g/mol. The summed E-state index contributed by atoms with van der Waals surface area (Å²) >= 11 is 1.83. The van der Waals surface area contributed by atoms with Gasteiger partial charge in [0.1, 0.15) is 5.71 Å². The average Bonchev–Trinajstić information content (AvgIpc) is 3.02. The molecule has 3 rings (SSSR count). The number of nitrogens with zero attached hydrogens (tertiary/aromatic N) is 3. The van der Waals surface area contributed by atoms with E-state index in [4.69, 9.17) is 0 Å². The second kappa shape index (κ2) is 6.80. The van der Waals surface area contributed by atoms with Crippen molar-refractivity contribution >= 4 is 28.9 Å². The van der Waals surface area contributed by atoms with E-state index in [0.29, 0.717) is 25.1 Å². The zero-order valence-electron chi connectivity index (χ0n) is 13.5. The van der Waals surface area contributed by atoms with Crippen molar-refractivity contribution in [1.82, 2.24) is 15.2 Å². The first-order valence-corrected chi connectivity index (χ1v) is 8.84. The van der Waals surface area contributed by atoms with Crippen LogP contribution in [0.25, 0.3) is 0 Å². The van der Waals surface area contributed by atoms with Crippen LogP contribution in [0.5, 0.6) is 0 Å². The van der Waals surface area contributed by atoms with Crippen molar-refractivity contribution < 1.29 is 9.59 Å². The molecule has 124 valence electrons. The maximum atomic E-state index is 12.2. The molecule has 23 heavy (non-hydrogen) atoms. The summed E-state index contributed by atoms with van der Waals surface area (Å²) in [5.41, 5.74) is 1.86. The Morgan fingerprint density at radius 2 is 2.26 bits per heavy atom. The highest BCUT2D eigenvalue weighted by Crippen LogP contribution is 2.24. The van der Waals surface area contributed by atoms with Crippen LogP contribution in [0.4, 0.5) is 0 Å². The summed E-state index contributed by atoms with van der Waals surface area (Å²) in [6.45, 7) is 4.71. The van der Waals surface area contributed by atoms with Crippen LogP contribution in [0.2, 0.25) is 0 Å². The monoisotopic (exact) mass is 334 g/mol. The second-order valence-corrected chi connectivity index (χ2v) is 7.11. The van der Waals surface area contributed by atoms with E-state index in [-0.39, 0.29) is 17.9 Å². The number of hydrogen-bond donors (Lipinski definition) is 1. The van der Waals surface area contributed by atoms with Crippen molar-refractivity contribution in [2.45, 2.75) is 38.8 Å². The Hall–Kier alpha value is -1.73. The molecule has 1 aromatic rings. The molecular weight excluding hydrogens is 312 g/mol. The maximum Gasteiger partial charge on any atom is 0.267 e. The minimum absolute atomic E-state index is 0.0465. The highest BCUT2D eigenvalue weighted by molar-refractivity contribution is 7.10. The van der Waals surface area contributed by atoms with E-state index in [9.17, 15) is 9.59 Å². The van der Waals surface area contributed by atoms with Gasteiger partial charge >= 0.3 is 0 Å². The Labute approximate surface area is 140 Å². The Bertz CT molecular complexity index is 640. The van der Waals surface area contributed by atoms with Crippen molar-refractivity contribution in [3.63, 3.8) is 0 Å². The van der Waals surface area contributed by atoms with E-state index in [1.807, 2.05) is 11.3 Å². The number of nitrogens with one attached hydrogen (secondary N) is 1. The van der Waals surface area contributed by atoms with Gasteiger partial charge in [0.15, 0.2) is 0 Å². The van der Waals surface area contributed by atoms with E-state index >= 15 is 0 Å². The van der Waals surface area contributed by atoms with Crippen LogP contribution >= 0.6 is 11.3 Å².